The van der Waals surface area contributed by atoms with Crippen molar-refractivity contribution in [1.82, 2.24) is 0 Å². The summed E-state index contributed by atoms with van der Waals surface area (Å²) in [5, 5.41) is 8.95. The number of benzene rings is 1. The Kier molecular flexibility index (Phi) is 2.87. The minimum atomic E-state index is 0.312. The second-order valence-corrected chi connectivity index (χ2v) is 5.31. The maximum atomic E-state index is 8.95. The van der Waals surface area contributed by atoms with Crippen molar-refractivity contribution in [2.45, 2.75) is 31.8 Å². The van der Waals surface area contributed by atoms with E-state index in [1.807, 2.05) is 0 Å². The molecule has 0 aromatic heterocycles. The number of nitrogens with zero attached hydrogens (tertiary/aromatic N) is 1. The van der Waals surface area contributed by atoms with E-state index in [1.54, 1.807) is 25.3 Å². The molecule has 0 aliphatic heterocycles. The third-order valence-electron chi connectivity index (χ3n) is 4.24. The van der Waals surface area contributed by atoms with Crippen molar-refractivity contribution in [3.63, 3.8) is 0 Å². The van der Waals surface area contributed by atoms with Gasteiger partial charge in [-0.1, -0.05) is 0 Å². The fourth-order valence-electron chi connectivity index (χ4n) is 3.33. The number of hydrogen-bond acceptors (Lipinski definition) is 3. The molecule has 3 unspecified atom stereocenters. The number of nitriles is 1. The molecule has 0 heterocycles. The summed E-state index contributed by atoms with van der Waals surface area (Å²) < 4.78 is 11.4. The summed E-state index contributed by atoms with van der Waals surface area (Å²) in [5.74, 6) is 2.99. The Morgan fingerprint density at radius 2 is 2.11 bits per heavy atom. The average Bonchev–Trinajstić information content (AvgIpc) is 3.01. The van der Waals surface area contributed by atoms with Crippen molar-refractivity contribution in [1.29, 1.82) is 5.26 Å². The molecule has 2 saturated carbocycles. The zero-order valence-corrected chi connectivity index (χ0v) is 10.6. The number of ether oxygens (including phenoxy) is 2. The van der Waals surface area contributed by atoms with Gasteiger partial charge in [-0.05, 0) is 49.7 Å². The lowest BCUT2D eigenvalue weighted by molar-refractivity contribution is 0.133. The van der Waals surface area contributed by atoms with E-state index in [1.165, 1.54) is 19.3 Å². The van der Waals surface area contributed by atoms with E-state index in [4.69, 9.17) is 14.7 Å². The third kappa shape index (κ3) is 1.92. The highest BCUT2D eigenvalue weighted by molar-refractivity contribution is 5.46. The van der Waals surface area contributed by atoms with E-state index in [2.05, 4.69) is 6.07 Å². The molecule has 2 aliphatic rings. The van der Waals surface area contributed by atoms with Gasteiger partial charge in [0.15, 0.2) is 11.5 Å². The van der Waals surface area contributed by atoms with Crippen molar-refractivity contribution in [3.8, 4) is 17.6 Å². The maximum Gasteiger partial charge on any atom is 0.162 e. The molecule has 2 bridgehead atoms. The summed E-state index contributed by atoms with van der Waals surface area (Å²) in [6.45, 7) is 0. The van der Waals surface area contributed by atoms with Gasteiger partial charge in [-0.3, -0.25) is 0 Å². The highest BCUT2D eigenvalue weighted by atomic mass is 16.5. The fraction of sp³-hybridized carbons (Fsp3) is 0.533. The Balaban J connectivity index is 1.81. The van der Waals surface area contributed by atoms with Crippen LogP contribution < -0.4 is 9.47 Å². The number of hydrogen-bond donors (Lipinski definition) is 0. The minimum Gasteiger partial charge on any atom is -0.493 e. The molecule has 94 valence electrons. The molecule has 0 N–H and O–H groups in total. The van der Waals surface area contributed by atoms with Crippen LogP contribution in [-0.2, 0) is 0 Å². The van der Waals surface area contributed by atoms with Gasteiger partial charge in [0.05, 0.1) is 18.7 Å². The number of rotatable bonds is 3. The van der Waals surface area contributed by atoms with E-state index < -0.39 is 0 Å². The summed E-state index contributed by atoms with van der Waals surface area (Å²) in [6.07, 6.45) is 5.43. The topological polar surface area (TPSA) is 42.2 Å². The summed E-state index contributed by atoms with van der Waals surface area (Å²) in [5.41, 5.74) is 0.619. The molecule has 3 heteroatoms. The zero-order chi connectivity index (χ0) is 12.5. The second-order valence-electron chi connectivity index (χ2n) is 5.31. The highest BCUT2D eigenvalue weighted by Crippen LogP contribution is 2.46. The molecule has 2 fully saturated rings. The normalized spacial score (nSPS) is 29.0. The lowest BCUT2D eigenvalue weighted by Gasteiger charge is -2.24. The van der Waals surface area contributed by atoms with Crippen LogP contribution in [0.1, 0.15) is 31.2 Å². The molecular formula is C15H17NO2. The molecule has 1 aromatic carbocycles. The van der Waals surface area contributed by atoms with Crippen LogP contribution in [-0.4, -0.2) is 13.2 Å². The largest absolute Gasteiger partial charge is 0.493 e. The molecule has 3 rings (SSSR count). The van der Waals surface area contributed by atoms with Gasteiger partial charge in [0.2, 0.25) is 0 Å². The van der Waals surface area contributed by atoms with Crippen molar-refractivity contribution in [2.75, 3.05) is 7.11 Å². The molecule has 2 aliphatic carbocycles. The zero-order valence-electron chi connectivity index (χ0n) is 10.6. The SMILES string of the molecule is COc1ccc(C#N)cc1OC1CC2CCC1C2. The van der Waals surface area contributed by atoms with Crippen molar-refractivity contribution in [3.05, 3.63) is 23.8 Å². The Hall–Kier alpha value is -1.69. The van der Waals surface area contributed by atoms with Crippen LogP contribution in [0.2, 0.25) is 0 Å². The van der Waals surface area contributed by atoms with Gasteiger partial charge in [-0.2, -0.15) is 5.26 Å². The molecule has 3 nitrogen and oxygen atoms in total. The second kappa shape index (κ2) is 4.53. The molecule has 0 amide bonds. The van der Waals surface area contributed by atoms with E-state index >= 15 is 0 Å². The highest BCUT2D eigenvalue weighted by Gasteiger charge is 2.41. The number of fused-ring (bicyclic) bond motifs is 2. The average molecular weight is 243 g/mol. The standard InChI is InChI=1S/C15H17NO2/c1-17-13-5-3-11(9-16)8-15(13)18-14-7-10-2-4-12(14)6-10/h3,5,8,10,12,14H,2,4,6-7H2,1H3. The fourth-order valence-corrected chi connectivity index (χ4v) is 3.33. The monoisotopic (exact) mass is 243 g/mol. The predicted octanol–water partition coefficient (Wildman–Crippen LogP) is 3.13. The van der Waals surface area contributed by atoms with E-state index in [9.17, 15) is 0 Å². The summed E-state index contributed by atoms with van der Waals surface area (Å²) in [7, 11) is 1.63. The molecular weight excluding hydrogens is 226 g/mol. The van der Waals surface area contributed by atoms with Crippen LogP contribution in [0.3, 0.4) is 0 Å². The first-order valence-corrected chi connectivity index (χ1v) is 6.55. The predicted molar refractivity (Wildman–Crippen MR) is 67.6 cm³/mol. The van der Waals surface area contributed by atoms with Crippen molar-refractivity contribution in [2.24, 2.45) is 11.8 Å². The van der Waals surface area contributed by atoms with Gasteiger partial charge >= 0.3 is 0 Å². The third-order valence-corrected chi connectivity index (χ3v) is 4.24. The van der Waals surface area contributed by atoms with Gasteiger partial charge in [0.25, 0.3) is 0 Å². The van der Waals surface area contributed by atoms with Crippen LogP contribution in [0.5, 0.6) is 11.5 Å². The van der Waals surface area contributed by atoms with Crippen LogP contribution in [0.25, 0.3) is 0 Å². The molecule has 18 heavy (non-hydrogen) atoms. The van der Waals surface area contributed by atoms with E-state index in [-0.39, 0.29) is 0 Å². The van der Waals surface area contributed by atoms with E-state index in [0.717, 1.165) is 18.1 Å². The summed E-state index contributed by atoms with van der Waals surface area (Å²) in [4.78, 5) is 0. The number of methoxy groups -OCH3 is 1. The van der Waals surface area contributed by atoms with Crippen LogP contribution in [0.15, 0.2) is 18.2 Å². The Bertz CT molecular complexity index is 492. The van der Waals surface area contributed by atoms with Gasteiger partial charge < -0.3 is 9.47 Å². The van der Waals surface area contributed by atoms with Crippen molar-refractivity contribution >= 4 is 0 Å². The Morgan fingerprint density at radius 3 is 2.72 bits per heavy atom. The quantitative estimate of drug-likeness (QED) is 0.819. The van der Waals surface area contributed by atoms with Gasteiger partial charge in [0.1, 0.15) is 6.10 Å². The first-order valence-electron chi connectivity index (χ1n) is 6.55. The first kappa shape index (κ1) is 11.4. The maximum absolute atomic E-state index is 8.95. The lowest BCUT2D eigenvalue weighted by atomic mass is 9.97. The molecule has 0 radical (unpaired) electrons. The van der Waals surface area contributed by atoms with Crippen LogP contribution in [0, 0.1) is 23.2 Å². The summed E-state index contributed by atoms with van der Waals surface area (Å²) in [6, 6.07) is 7.49. The summed E-state index contributed by atoms with van der Waals surface area (Å²) >= 11 is 0. The van der Waals surface area contributed by atoms with E-state index in [0.29, 0.717) is 23.3 Å². The molecule has 1 aromatic rings. The van der Waals surface area contributed by atoms with Gasteiger partial charge in [-0.15, -0.1) is 0 Å². The van der Waals surface area contributed by atoms with Crippen LogP contribution >= 0.6 is 0 Å². The lowest BCUT2D eigenvalue weighted by Crippen LogP contribution is -2.23. The minimum absolute atomic E-state index is 0.312. The molecule has 0 spiro atoms. The van der Waals surface area contributed by atoms with Gasteiger partial charge in [0, 0.05) is 6.07 Å². The van der Waals surface area contributed by atoms with Crippen LogP contribution in [0.4, 0.5) is 0 Å². The first-order chi connectivity index (χ1) is 8.80. The molecule has 3 atom stereocenters. The smallest absolute Gasteiger partial charge is 0.162 e. The molecule has 0 saturated heterocycles. The van der Waals surface area contributed by atoms with Crippen molar-refractivity contribution < 1.29 is 9.47 Å². The Labute approximate surface area is 107 Å². The Morgan fingerprint density at radius 1 is 1.22 bits per heavy atom. The van der Waals surface area contributed by atoms with Gasteiger partial charge in [-0.25, -0.2) is 0 Å².